The molecule has 3 rings (SSSR count). The summed E-state index contributed by atoms with van der Waals surface area (Å²) in [6, 6.07) is 7.71. The van der Waals surface area contributed by atoms with Gasteiger partial charge in [-0.25, -0.2) is 4.79 Å². The lowest BCUT2D eigenvalue weighted by molar-refractivity contribution is -0.155. The third-order valence-electron chi connectivity index (χ3n) is 6.72. The second-order valence-electron chi connectivity index (χ2n) is 9.91. The van der Waals surface area contributed by atoms with Crippen molar-refractivity contribution >= 4 is 29.4 Å². The van der Waals surface area contributed by atoms with E-state index in [1.165, 1.54) is 25.6 Å². The lowest BCUT2D eigenvalue weighted by atomic mass is 9.66. The first kappa shape index (κ1) is 26.6. The van der Waals surface area contributed by atoms with Gasteiger partial charge in [-0.05, 0) is 36.1 Å². The fraction of sp³-hybridized carbons (Fsp3) is 0.462. The quantitative estimate of drug-likeness (QED) is 0.587. The number of piperidine rings is 1. The molecule has 1 saturated heterocycles. The van der Waals surface area contributed by atoms with Gasteiger partial charge in [-0.15, -0.1) is 0 Å². The fourth-order valence-electron chi connectivity index (χ4n) is 4.50. The molecule has 1 aromatic heterocycles. The number of aromatic nitrogens is 1. The van der Waals surface area contributed by atoms with E-state index < -0.39 is 28.9 Å². The number of amides is 2. The van der Waals surface area contributed by atoms with E-state index in [-0.39, 0.29) is 23.0 Å². The van der Waals surface area contributed by atoms with Gasteiger partial charge < -0.3 is 20.1 Å². The largest absolute Gasteiger partial charge is 0.465 e. The number of halogens is 1. The Balaban J connectivity index is 1.77. The van der Waals surface area contributed by atoms with Crippen molar-refractivity contribution in [2.45, 2.75) is 45.8 Å². The average Bonchev–Trinajstić information content (AvgIpc) is 2.83. The SMILES string of the molecule is COC(=O)c1cncc(C(=O)N[C@@H](C(=O)N2CC[C@](O)(c3ccc(Cl)cc3)C(C)(C)C2)C(C)C)c1. The van der Waals surface area contributed by atoms with E-state index in [1.807, 2.05) is 39.8 Å². The molecule has 35 heavy (non-hydrogen) atoms. The summed E-state index contributed by atoms with van der Waals surface area (Å²) in [5, 5.41) is 15.0. The molecule has 0 saturated carbocycles. The van der Waals surface area contributed by atoms with Gasteiger partial charge in [0.1, 0.15) is 6.04 Å². The molecule has 2 aromatic rings. The Hall–Kier alpha value is -2.97. The molecular formula is C26H32ClN3O5. The summed E-state index contributed by atoms with van der Waals surface area (Å²) in [6.07, 6.45) is 2.99. The zero-order valence-electron chi connectivity index (χ0n) is 20.7. The Bertz CT molecular complexity index is 1100. The summed E-state index contributed by atoms with van der Waals surface area (Å²) >= 11 is 6.02. The number of esters is 1. The first-order valence-electron chi connectivity index (χ1n) is 11.5. The highest BCUT2D eigenvalue weighted by Crippen LogP contribution is 2.46. The number of carbonyl (C=O) groups excluding carboxylic acids is 3. The van der Waals surface area contributed by atoms with Crippen molar-refractivity contribution in [3.05, 3.63) is 64.4 Å². The fourth-order valence-corrected chi connectivity index (χ4v) is 4.63. The zero-order chi connectivity index (χ0) is 26.0. The van der Waals surface area contributed by atoms with Gasteiger partial charge in [-0.3, -0.25) is 14.6 Å². The molecule has 8 nitrogen and oxygen atoms in total. The number of hydrogen-bond donors (Lipinski definition) is 2. The number of hydrogen-bond acceptors (Lipinski definition) is 6. The second kappa shape index (κ2) is 10.3. The minimum atomic E-state index is -1.13. The Labute approximate surface area is 210 Å². The number of likely N-dealkylation sites (tertiary alicyclic amines) is 1. The van der Waals surface area contributed by atoms with Crippen LogP contribution in [0.25, 0.3) is 0 Å². The van der Waals surface area contributed by atoms with Gasteiger partial charge in [0.25, 0.3) is 5.91 Å². The minimum absolute atomic E-state index is 0.145. The highest BCUT2D eigenvalue weighted by atomic mass is 35.5. The second-order valence-corrected chi connectivity index (χ2v) is 10.3. The van der Waals surface area contributed by atoms with Crippen molar-refractivity contribution in [3.63, 3.8) is 0 Å². The summed E-state index contributed by atoms with van der Waals surface area (Å²) < 4.78 is 4.68. The number of ether oxygens (including phenoxy) is 1. The van der Waals surface area contributed by atoms with Crippen LogP contribution in [0.3, 0.4) is 0 Å². The molecule has 2 amide bonds. The van der Waals surface area contributed by atoms with Crippen LogP contribution in [0.4, 0.5) is 0 Å². The Morgan fingerprint density at radius 2 is 1.77 bits per heavy atom. The van der Waals surface area contributed by atoms with Crippen molar-refractivity contribution in [2.75, 3.05) is 20.2 Å². The predicted molar refractivity (Wildman–Crippen MR) is 132 cm³/mol. The average molecular weight is 502 g/mol. The molecule has 9 heteroatoms. The highest BCUT2D eigenvalue weighted by molar-refractivity contribution is 6.30. The molecule has 0 radical (unpaired) electrons. The predicted octanol–water partition coefficient (Wildman–Crippen LogP) is 3.42. The van der Waals surface area contributed by atoms with E-state index >= 15 is 0 Å². The van der Waals surface area contributed by atoms with Crippen molar-refractivity contribution in [1.29, 1.82) is 0 Å². The highest BCUT2D eigenvalue weighted by Gasteiger charge is 2.50. The normalized spacial score (nSPS) is 20.3. The molecule has 0 unspecified atom stereocenters. The number of pyridine rings is 1. The van der Waals surface area contributed by atoms with Crippen LogP contribution in [0, 0.1) is 11.3 Å². The summed E-state index contributed by atoms with van der Waals surface area (Å²) in [5.41, 5.74) is -0.732. The molecular weight excluding hydrogens is 470 g/mol. The van der Waals surface area contributed by atoms with Crippen LogP contribution in [0.5, 0.6) is 0 Å². The van der Waals surface area contributed by atoms with Crippen LogP contribution in [-0.2, 0) is 15.1 Å². The van der Waals surface area contributed by atoms with E-state index in [9.17, 15) is 19.5 Å². The topological polar surface area (TPSA) is 109 Å². The number of nitrogens with one attached hydrogen (secondary N) is 1. The molecule has 1 aliphatic rings. The first-order valence-corrected chi connectivity index (χ1v) is 11.9. The van der Waals surface area contributed by atoms with Crippen molar-refractivity contribution in [2.24, 2.45) is 11.3 Å². The molecule has 1 aromatic carbocycles. The standard InChI is InChI=1S/C26H32ClN3O5/c1-16(2)21(29-22(31)17-12-18(14-28-13-17)24(33)35-5)23(32)30-11-10-26(34,25(3,4)15-30)19-6-8-20(27)9-7-19/h6-9,12-14,16,21,34H,10-11,15H2,1-5H3,(H,29,31)/t21-,26+/m1/s1. The molecule has 2 atom stereocenters. The minimum Gasteiger partial charge on any atom is -0.465 e. The maximum Gasteiger partial charge on any atom is 0.339 e. The van der Waals surface area contributed by atoms with Gasteiger partial charge >= 0.3 is 5.97 Å². The third kappa shape index (κ3) is 5.49. The number of aliphatic hydroxyl groups is 1. The smallest absolute Gasteiger partial charge is 0.339 e. The van der Waals surface area contributed by atoms with Crippen LogP contribution in [-0.4, -0.2) is 59.0 Å². The van der Waals surface area contributed by atoms with Crippen LogP contribution < -0.4 is 5.32 Å². The molecule has 0 bridgehead atoms. The maximum atomic E-state index is 13.5. The number of carbonyl (C=O) groups is 3. The summed E-state index contributed by atoms with van der Waals surface area (Å²) in [7, 11) is 1.25. The van der Waals surface area contributed by atoms with Crippen LogP contribution in [0.2, 0.25) is 5.02 Å². The van der Waals surface area contributed by atoms with Gasteiger partial charge in [-0.1, -0.05) is 51.4 Å². The molecule has 188 valence electrons. The Kier molecular flexibility index (Phi) is 7.87. The Morgan fingerprint density at radius 3 is 2.34 bits per heavy atom. The van der Waals surface area contributed by atoms with E-state index in [4.69, 9.17) is 11.6 Å². The molecule has 0 spiro atoms. The van der Waals surface area contributed by atoms with Gasteiger partial charge in [0.2, 0.25) is 5.91 Å². The molecule has 1 fully saturated rings. The summed E-state index contributed by atoms with van der Waals surface area (Å²) in [6.45, 7) is 8.20. The Morgan fingerprint density at radius 1 is 1.14 bits per heavy atom. The van der Waals surface area contributed by atoms with Crippen molar-refractivity contribution in [1.82, 2.24) is 15.2 Å². The number of methoxy groups -OCH3 is 1. The molecule has 2 N–H and O–H groups in total. The number of nitrogens with zero attached hydrogens (tertiary/aromatic N) is 2. The lowest BCUT2D eigenvalue weighted by Crippen LogP contribution is -2.60. The van der Waals surface area contributed by atoms with E-state index in [2.05, 4.69) is 15.0 Å². The van der Waals surface area contributed by atoms with Crippen LogP contribution in [0.1, 0.15) is 60.4 Å². The molecule has 0 aliphatic carbocycles. The summed E-state index contributed by atoms with van der Waals surface area (Å²) in [4.78, 5) is 43.9. The van der Waals surface area contributed by atoms with Gasteiger partial charge in [-0.2, -0.15) is 0 Å². The number of rotatable bonds is 6. The van der Waals surface area contributed by atoms with Crippen molar-refractivity contribution in [3.8, 4) is 0 Å². The van der Waals surface area contributed by atoms with Crippen molar-refractivity contribution < 1.29 is 24.2 Å². The summed E-state index contributed by atoms with van der Waals surface area (Å²) in [5.74, 6) is -1.53. The van der Waals surface area contributed by atoms with E-state index in [0.717, 1.165) is 5.56 Å². The lowest BCUT2D eigenvalue weighted by Gasteiger charge is -2.51. The third-order valence-corrected chi connectivity index (χ3v) is 6.98. The van der Waals surface area contributed by atoms with Gasteiger partial charge in [0, 0.05) is 35.9 Å². The molecule has 2 heterocycles. The monoisotopic (exact) mass is 501 g/mol. The van der Waals surface area contributed by atoms with E-state index in [0.29, 0.717) is 24.5 Å². The first-order chi connectivity index (χ1) is 16.4. The number of benzene rings is 1. The van der Waals surface area contributed by atoms with Gasteiger partial charge in [0.15, 0.2) is 0 Å². The zero-order valence-corrected chi connectivity index (χ0v) is 21.4. The van der Waals surface area contributed by atoms with Gasteiger partial charge in [0.05, 0.1) is 23.8 Å². The van der Waals surface area contributed by atoms with Crippen LogP contribution >= 0.6 is 11.6 Å². The maximum absolute atomic E-state index is 13.5. The van der Waals surface area contributed by atoms with E-state index in [1.54, 1.807) is 17.0 Å². The van der Waals surface area contributed by atoms with Crippen LogP contribution in [0.15, 0.2) is 42.7 Å². The molecule has 1 aliphatic heterocycles.